The molecule has 0 atom stereocenters. The number of aromatic nitrogens is 5. The highest BCUT2D eigenvalue weighted by molar-refractivity contribution is 6.35. The summed E-state index contributed by atoms with van der Waals surface area (Å²) in [5.41, 5.74) is 10.2. The van der Waals surface area contributed by atoms with Crippen LogP contribution in [0, 0.1) is 13.8 Å². The Bertz CT molecular complexity index is 1550. The van der Waals surface area contributed by atoms with E-state index in [-0.39, 0.29) is 0 Å². The van der Waals surface area contributed by atoms with Gasteiger partial charge in [-0.15, -0.1) is 0 Å². The van der Waals surface area contributed by atoms with Gasteiger partial charge in [0.1, 0.15) is 0 Å². The number of hydrogen-bond donors (Lipinski definition) is 1. The third kappa shape index (κ3) is 3.60. The number of para-hydroxylation sites is 1. The minimum atomic E-state index is 0.704. The molecular weight excluding hydrogens is 456 g/mol. The first-order valence-electron chi connectivity index (χ1n) is 12.0. The van der Waals surface area contributed by atoms with Crippen molar-refractivity contribution in [1.29, 1.82) is 0 Å². The number of nitrogens with one attached hydrogen (secondary N) is 1. The quantitative estimate of drug-likeness (QED) is 0.331. The van der Waals surface area contributed by atoms with Gasteiger partial charge in [-0.3, -0.25) is 0 Å². The number of fused-ring (bicyclic) bond motifs is 2. The average Bonchev–Trinajstić information content (AvgIpc) is 3.50. The average molecular weight is 483 g/mol. The zero-order chi connectivity index (χ0) is 24.1. The number of benzene rings is 2. The molecule has 35 heavy (non-hydrogen) atoms. The molecule has 1 N–H and O–H groups in total. The Morgan fingerprint density at radius 3 is 2.69 bits per heavy atom. The minimum absolute atomic E-state index is 0.704. The smallest absolute Gasteiger partial charge is 0.225 e. The van der Waals surface area contributed by atoms with E-state index in [9.17, 15) is 0 Å². The number of aromatic amines is 1. The van der Waals surface area contributed by atoms with E-state index in [1.165, 1.54) is 16.7 Å². The van der Waals surface area contributed by atoms with Gasteiger partial charge >= 0.3 is 0 Å². The van der Waals surface area contributed by atoms with Crippen molar-refractivity contribution in [3.05, 3.63) is 88.0 Å². The molecule has 0 amide bonds. The van der Waals surface area contributed by atoms with Crippen LogP contribution in [0.2, 0.25) is 5.02 Å². The van der Waals surface area contributed by atoms with E-state index in [0.29, 0.717) is 11.6 Å². The summed E-state index contributed by atoms with van der Waals surface area (Å²) in [7, 11) is 0. The monoisotopic (exact) mass is 482 g/mol. The van der Waals surface area contributed by atoms with E-state index in [0.717, 1.165) is 64.4 Å². The molecule has 6 nitrogen and oxygen atoms in total. The maximum Gasteiger partial charge on any atom is 0.225 e. The Labute approximate surface area is 209 Å². The Balaban J connectivity index is 1.60. The molecule has 0 unspecified atom stereocenters. The van der Waals surface area contributed by atoms with Crippen molar-refractivity contribution in [3.8, 4) is 16.9 Å². The Kier molecular flexibility index (Phi) is 5.33. The lowest BCUT2D eigenvalue weighted by molar-refractivity contribution is 0.694. The highest BCUT2D eigenvalue weighted by Crippen LogP contribution is 2.39. The van der Waals surface area contributed by atoms with Crippen molar-refractivity contribution in [2.24, 2.45) is 0 Å². The van der Waals surface area contributed by atoms with Gasteiger partial charge in [-0.25, -0.2) is 14.6 Å². The van der Waals surface area contributed by atoms with Crippen LogP contribution in [0.3, 0.4) is 0 Å². The second-order valence-electron chi connectivity index (χ2n) is 9.22. The summed E-state index contributed by atoms with van der Waals surface area (Å²) in [5.74, 6) is 0.757. The van der Waals surface area contributed by atoms with E-state index in [1.807, 2.05) is 31.6 Å². The number of halogens is 1. The van der Waals surface area contributed by atoms with E-state index in [4.69, 9.17) is 16.7 Å². The maximum absolute atomic E-state index is 6.54. The fourth-order valence-corrected chi connectivity index (χ4v) is 5.39. The Hall–Kier alpha value is -3.64. The molecule has 176 valence electrons. The van der Waals surface area contributed by atoms with Crippen molar-refractivity contribution in [3.63, 3.8) is 0 Å². The topological polar surface area (TPSA) is 62.6 Å². The molecule has 1 aliphatic rings. The van der Waals surface area contributed by atoms with Crippen molar-refractivity contribution >= 4 is 28.5 Å². The SMILES string of the molecule is CCc1cccc(C)c1-n1nc2c(c1-c1ccc(Cl)c3[nH]ccc13)CN(c1ncc(C)cn1)CC2. The van der Waals surface area contributed by atoms with Crippen molar-refractivity contribution in [1.82, 2.24) is 24.7 Å². The predicted octanol–water partition coefficient (Wildman–Crippen LogP) is 6.21. The fraction of sp³-hybridized carbons (Fsp3) is 0.250. The van der Waals surface area contributed by atoms with Crippen LogP contribution < -0.4 is 4.90 Å². The summed E-state index contributed by atoms with van der Waals surface area (Å²) in [4.78, 5) is 14.8. The molecule has 4 heterocycles. The van der Waals surface area contributed by atoms with Gasteiger partial charge in [-0.05, 0) is 49.1 Å². The lowest BCUT2D eigenvalue weighted by Crippen LogP contribution is -2.31. The molecule has 0 bridgehead atoms. The van der Waals surface area contributed by atoms with E-state index < -0.39 is 0 Å². The van der Waals surface area contributed by atoms with Crippen LogP contribution in [0.4, 0.5) is 5.95 Å². The number of aryl methyl sites for hydroxylation is 3. The maximum atomic E-state index is 6.54. The van der Waals surface area contributed by atoms with Crippen LogP contribution in [0.5, 0.6) is 0 Å². The normalized spacial score (nSPS) is 13.4. The number of nitrogens with zero attached hydrogens (tertiary/aromatic N) is 5. The van der Waals surface area contributed by atoms with Crippen LogP contribution in [0.1, 0.15) is 34.9 Å². The summed E-state index contributed by atoms with van der Waals surface area (Å²) in [6.07, 6.45) is 7.48. The minimum Gasteiger partial charge on any atom is -0.360 e. The molecule has 0 fully saturated rings. The third-order valence-corrected chi connectivity index (χ3v) is 7.24. The van der Waals surface area contributed by atoms with E-state index in [1.54, 1.807) is 0 Å². The van der Waals surface area contributed by atoms with Crippen molar-refractivity contribution in [2.45, 2.75) is 40.2 Å². The molecule has 0 radical (unpaired) electrons. The van der Waals surface area contributed by atoms with Gasteiger partial charge in [-0.1, -0.05) is 42.8 Å². The predicted molar refractivity (Wildman–Crippen MR) is 142 cm³/mol. The molecule has 6 rings (SSSR count). The summed E-state index contributed by atoms with van der Waals surface area (Å²) < 4.78 is 2.17. The van der Waals surface area contributed by atoms with Crippen molar-refractivity contribution in [2.75, 3.05) is 11.4 Å². The molecule has 1 aliphatic heterocycles. The van der Waals surface area contributed by atoms with Gasteiger partial charge in [0.25, 0.3) is 0 Å². The summed E-state index contributed by atoms with van der Waals surface area (Å²) in [6.45, 7) is 7.91. The second-order valence-corrected chi connectivity index (χ2v) is 9.62. The number of anilines is 1. The Morgan fingerprint density at radius 1 is 1.06 bits per heavy atom. The van der Waals surface area contributed by atoms with Crippen LogP contribution in [-0.4, -0.2) is 31.3 Å². The lowest BCUT2D eigenvalue weighted by atomic mass is 9.98. The van der Waals surface area contributed by atoms with Gasteiger partial charge < -0.3 is 9.88 Å². The zero-order valence-electron chi connectivity index (χ0n) is 20.1. The lowest BCUT2D eigenvalue weighted by Gasteiger charge is -2.27. The third-order valence-electron chi connectivity index (χ3n) is 6.93. The molecule has 0 aliphatic carbocycles. The molecule has 2 aromatic carbocycles. The molecular formula is C28H27ClN6. The highest BCUT2D eigenvalue weighted by Gasteiger charge is 2.29. The molecule has 0 saturated carbocycles. The number of hydrogen-bond acceptors (Lipinski definition) is 4. The van der Waals surface area contributed by atoms with Crippen LogP contribution in [-0.2, 0) is 19.4 Å². The van der Waals surface area contributed by atoms with Gasteiger partial charge in [0.05, 0.1) is 27.6 Å². The largest absolute Gasteiger partial charge is 0.360 e. The van der Waals surface area contributed by atoms with Gasteiger partial charge in [0.15, 0.2) is 0 Å². The highest BCUT2D eigenvalue weighted by atomic mass is 35.5. The van der Waals surface area contributed by atoms with E-state index >= 15 is 0 Å². The number of rotatable bonds is 4. The summed E-state index contributed by atoms with van der Waals surface area (Å²) in [6, 6.07) is 12.7. The van der Waals surface area contributed by atoms with Gasteiger partial charge in [0.2, 0.25) is 5.95 Å². The summed E-state index contributed by atoms with van der Waals surface area (Å²) >= 11 is 6.54. The fourth-order valence-electron chi connectivity index (χ4n) is 5.17. The van der Waals surface area contributed by atoms with Crippen molar-refractivity contribution < 1.29 is 0 Å². The van der Waals surface area contributed by atoms with Gasteiger partial charge in [0, 0.05) is 54.6 Å². The van der Waals surface area contributed by atoms with Gasteiger partial charge in [-0.2, -0.15) is 5.10 Å². The van der Waals surface area contributed by atoms with Crippen LogP contribution in [0.15, 0.2) is 55.0 Å². The summed E-state index contributed by atoms with van der Waals surface area (Å²) in [5, 5.41) is 7.04. The molecule has 3 aromatic heterocycles. The van der Waals surface area contributed by atoms with E-state index in [2.05, 4.69) is 68.7 Å². The second kappa shape index (κ2) is 8.54. The standard InChI is InChI=1S/C28H27ClN6/c1-4-19-7-5-6-18(3)26(19)35-27(21-8-9-23(29)25-20(21)10-12-30-25)22-16-34(13-11-24(22)33-35)28-31-14-17(2)15-32-28/h5-10,12,14-15,30H,4,11,13,16H2,1-3H3. The first kappa shape index (κ1) is 21.9. The van der Waals surface area contributed by atoms with Crippen LogP contribution >= 0.6 is 11.6 Å². The molecule has 5 aromatic rings. The molecule has 0 saturated heterocycles. The molecule has 7 heteroatoms. The Morgan fingerprint density at radius 2 is 1.89 bits per heavy atom. The molecule has 0 spiro atoms. The van der Waals surface area contributed by atoms with Crippen LogP contribution in [0.25, 0.3) is 27.8 Å². The first-order valence-corrected chi connectivity index (χ1v) is 12.4. The first-order chi connectivity index (χ1) is 17.0. The number of H-pyrrole nitrogens is 1. The zero-order valence-corrected chi connectivity index (χ0v) is 20.9.